The number of hydrogen-bond acceptors (Lipinski definition) is 4. The summed E-state index contributed by atoms with van der Waals surface area (Å²) in [4.78, 5) is 4.08. The van der Waals surface area contributed by atoms with E-state index in [9.17, 15) is 8.42 Å². The van der Waals surface area contributed by atoms with E-state index in [2.05, 4.69) is 43.9 Å². The molecule has 0 amide bonds. The van der Waals surface area contributed by atoms with Gasteiger partial charge in [-0.15, -0.1) is 11.3 Å². The Hall–Kier alpha value is -0.730. The normalized spacial score (nSPS) is 17.0. The standard InChI is InChI=1S/C16H19BrN2O2S2/c1-12(19-7-5-16-13(11-19)6-8-22-16)10-18-23(20,21)15-4-2-3-14(17)9-15/h2-4,6,8-9,12,18H,5,7,10-11H2,1H3. The van der Waals surface area contributed by atoms with Gasteiger partial charge in [0.05, 0.1) is 4.90 Å². The number of thiophene rings is 1. The Balaban J connectivity index is 1.62. The van der Waals surface area contributed by atoms with Crippen LogP contribution in [0.25, 0.3) is 0 Å². The SMILES string of the molecule is CC(CNS(=O)(=O)c1cccc(Br)c1)N1CCc2sccc2C1. The summed E-state index contributed by atoms with van der Waals surface area (Å²) in [6, 6.07) is 9.09. The van der Waals surface area contributed by atoms with Crippen molar-refractivity contribution < 1.29 is 8.42 Å². The molecule has 0 aliphatic carbocycles. The van der Waals surface area contributed by atoms with Crippen molar-refractivity contribution in [2.24, 2.45) is 0 Å². The number of hydrogen-bond donors (Lipinski definition) is 1. The second-order valence-electron chi connectivity index (χ2n) is 5.75. The van der Waals surface area contributed by atoms with Crippen LogP contribution in [0.1, 0.15) is 17.4 Å². The van der Waals surface area contributed by atoms with Gasteiger partial charge in [0.15, 0.2) is 0 Å². The van der Waals surface area contributed by atoms with Crippen LogP contribution in [-0.4, -0.2) is 32.4 Å². The fraction of sp³-hybridized carbons (Fsp3) is 0.375. The number of rotatable bonds is 5. The zero-order valence-electron chi connectivity index (χ0n) is 12.8. The molecule has 1 unspecified atom stereocenters. The fourth-order valence-electron chi connectivity index (χ4n) is 2.72. The lowest BCUT2D eigenvalue weighted by atomic mass is 10.1. The molecule has 0 bridgehead atoms. The highest BCUT2D eigenvalue weighted by Gasteiger charge is 2.23. The molecule has 0 saturated heterocycles. The summed E-state index contributed by atoms with van der Waals surface area (Å²) in [5, 5.41) is 2.13. The Labute approximate surface area is 149 Å². The molecule has 23 heavy (non-hydrogen) atoms. The van der Waals surface area contributed by atoms with Gasteiger partial charge in [0.25, 0.3) is 0 Å². The summed E-state index contributed by atoms with van der Waals surface area (Å²) in [5.74, 6) is 0. The van der Waals surface area contributed by atoms with E-state index in [1.54, 1.807) is 18.2 Å². The molecule has 124 valence electrons. The largest absolute Gasteiger partial charge is 0.295 e. The van der Waals surface area contributed by atoms with Gasteiger partial charge in [-0.2, -0.15) is 0 Å². The predicted molar refractivity (Wildman–Crippen MR) is 97.2 cm³/mol. The van der Waals surface area contributed by atoms with Crippen LogP contribution in [0.5, 0.6) is 0 Å². The first-order valence-electron chi connectivity index (χ1n) is 7.50. The zero-order valence-corrected chi connectivity index (χ0v) is 16.0. The molecule has 0 saturated carbocycles. The minimum absolute atomic E-state index is 0.157. The van der Waals surface area contributed by atoms with Crippen molar-refractivity contribution in [3.63, 3.8) is 0 Å². The lowest BCUT2D eigenvalue weighted by Crippen LogP contribution is -2.44. The smallest absolute Gasteiger partial charge is 0.240 e. The van der Waals surface area contributed by atoms with Crippen molar-refractivity contribution in [3.05, 3.63) is 50.6 Å². The van der Waals surface area contributed by atoms with Gasteiger partial charge >= 0.3 is 0 Å². The molecule has 0 spiro atoms. The van der Waals surface area contributed by atoms with Crippen LogP contribution in [0.4, 0.5) is 0 Å². The topological polar surface area (TPSA) is 49.4 Å². The van der Waals surface area contributed by atoms with E-state index >= 15 is 0 Å². The third-order valence-electron chi connectivity index (χ3n) is 4.14. The molecule has 1 atom stereocenters. The second-order valence-corrected chi connectivity index (χ2v) is 9.43. The van der Waals surface area contributed by atoms with E-state index in [0.29, 0.717) is 6.54 Å². The quantitative estimate of drug-likeness (QED) is 0.816. The van der Waals surface area contributed by atoms with Crippen molar-refractivity contribution in [2.45, 2.75) is 30.8 Å². The van der Waals surface area contributed by atoms with E-state index in [1.807, 2.05) is 17.4 Å². The van der Waals surface area contributed by atoms with E-state index < -0.39 is 10.0 Å². The fourth-order valence-corrected chi connectivity index (χ4v) is 5.33. The highest BCUT2D eigenvalue weighted by atomic mass is 79.9. The van der Waals surface area contributed by atoms with Crippen LogP contribution in [0.15, 0.2) is 45.1 Å². The molecule has 2 aromatic rings. The van der Waals surface area contributed by atoms with Crippen molar-refractivity contribution in [1.29, 1.82) is 0 Å². The van der Waals surface area contributed by atoms with Crippen molar-refractivity contribution in [1.82, 2.24) is 9.62 Å². The molecule has 0 radical (unpaired) electrons. The van der Waals surface area contributed by atoms with E-state index in [1.165, 1.54) is 10.4 Å². The average molecular weight is 415 g/mol. The minimum Gasteiger partial charge on any atom is -0.295 e. The first-order chi connectivity index (χ1) is 11.0. The Morgan fingerprint density at radius 2 is 2.22 bits per heavy atom. The maximum atomic E-state index is 12.4. The molecule has 7 heteroatoms. The lowest BCUT2D eigenvalue weighted by molar-refractivity contribution is 0.193. The van der Waals surface area contributed by atoms with Gasteiger partial charge in [0, 0.05) is 35.0 Å². The van der Waals surface area contributed by atoms with Gasteiger partial charge in [-0.05, 0) is 48.6 Å². The van der Waals surface area contributed by atoms with E-state index in [0.717, 1.165) is 24.0 Å². The predicted octanol–water partition coefficient (Wildman–Crippen LogP) is 3.24. The molecule has 2 heterocycles. The number of fused-ring (bicyclic) bond motifs is 1. The first kappa shape index (κ1) is 17.1. The molecule has 1 aromatic carbocycles. The molecule has 1 aliphatic heterocycles. The average Bonchev–Trinajstić information content (AvgIpc) is 3.00. The summed E-state index contributed by atoms with van der Waals surface area (Å²) < 4.78 is 28.2. The van der Waals surface area contributed by atoms with E-state index in [4.69, 9.17) is 0 Å². The first-order valence-corrected chi connectivity index (χ1v) is 10.7. The van der Waals surface area contributed by atoms with Gasteiger partial charge < -0.3 is 0 Å². The van der Waals surface area contributed by atoms with Gasteiger partial charge in [0.1, 0.15) is 0 Å². The highest BCUT2D eigenvalue weighted by Crippen LogP contribution is 2.25. The van der Waals surface area contributed by atoms with Gasteiger partial charge in [-0.1, -0.05) is 22.0 Å². The molecule has 0 fully saturated rings. The molecule has 1 aromatic heterocycles. The molecular formula is C16H19BrN2O2S2. The number of nitrogens with one attached hydrogen (secondary N) is 1. The van der Waals surface area contributed by atoms with Crippen molar-refractivity contribution >= 4 is 37.3 Å². The summed E-state index contributed by atoms with van der Waals surface area (Å²) in [6.45, 7) is 4.36. The summed E-state index contributed by atoms with van der Waals surface area (Å²) in [5.41, 5.74) is 1.38. The summed E-state index contributed by atoms with van der Waals surface area (Å²) in [7, 11) is -3.47. The molecule has 3 rings (SSSR count). The van der Waals surface area contributed by atoms with Gasteiger partial charge in [-0.25, -0.2) is 13.1 Å². The van der Waals surface area contributed by atoms with Crippen molar-refractivity contribution in [2.75, 3.05) is 13.1 Å². The van der Waals surface area contributed by atoms with Crippen LogP contribution in [0, 0.1) is 0 Å². The third-order valence-corrected chi connectivity index (χ3v) is 7.07. The third kappa shape index (κ3) is 4.03. The zero-order chi connectivity index (χ0) is 16.4. The van der Waals surface area contributed by atoms with E-state index in [-0.39, 0.29) is 10.9 Å². The summed E-state index contributed by atoms with van der Waals surface area (Å²) in [6.07, 6.45) is 1.05. The Morgan fingerprint density at radius 1 is 1.39 bits per heavy atom. The molecule has 1 N–H and O–H groups in total. The maximum absolute atomic E-state index is 12.4. The van der Waals surface area contributed by atoms with Crippen LogP contribution < -0.4 is 4.72 Å². The van der Waals surface area contributed by atoms with Gasteiger partial charge in [-0.3, -0.25) is 4.90 Å². The number of benzene rings is 1. The van der Waals surface area contributed by atoms with Gasteiger partial charge in [0.2, 0.25) is 10.0 Å². The molecule has 1 aliphatic rings. The van der Waals surface area contributed by atoms with Crippen LogP contribution >= 0.6 is 27.3 Å². The Kier molecular flexibility index (Phi) is 5.22. The Bertz CT molecular complexity index is 789. The number of nitrogens with zero attached hydrogens (tertiary/aromatic N) is 1. The maximum Gasteiger partial charge on any atom is 0.240 e. The van der Waals surface area contributed by atoms with Crippen LogP contribution in [-0.2, 0) is 23.0 Å². The Morgan fingerprint density at radius 3 is 3.00 bits per heavy atom. The van der Waals surface area contributed by atoms with Crippen LogP contribution in [0.3, 0.4) is 0 Å². The molecule has 4 nitrogen and oxygen atoms in total. The second kappa shape index (κ2) is 7.03. The van der Waals surface area contributed by atoms with Crippen molar-refractivity contribution in [3.8, 4) is 0 Å². The monoisotopic (exact) mass is 414 g/mol. The van der Waals surface area contributed by atoms with Crippen LogP contribution in [0.2, 0.25) is 0 Å². The minimum atomic E-state index is -3.47. The number of halogens is 1. The molecular weight excluding hydrogens is 396 g/mol. The summed E-state index contributed by atoms with van der Waals surface area (Å²) >= 11 is 5.12. The number of sulfonamides is 1. The lowest BCUT2D eigenvalue weighted by Gasteiger charge is -2.32. The highest BCUT2D eigenvalue weighted by molar-refractivity contribution is 9.10.